The molecular formula is C14H18FNO2. The van der Waals surface area contributed by atoms with E-state index in [0.717, 1.165) is 25.5 Å². The molecule has 0 bridgehead atoms. The smallest absolute Gasteiger partial charge is 0.335 e. The van der Waals surface area contributed by atoms with Crippen molar-refractivity contribution in [2.45, 2.75) is 32.7 Å². The lowest BCUT2D eigenvalue weighted by atomic mass is 9.91. The third-order valence-electron chi connectivity index (χ3n) is 3.88. The fourth-order valence-corrected chi connectivity index (χ4v) is 2.55. The van der Waals surface area contributed by atoms with E-state index >= 15 is 0 Å². The van der Waals surface area contributed by atoms with Crippen molar-refractivity contribution in [1.82, 2.24) is 0 Å². The van der Waals surface area contributed by atoms with E-state index in [0.29, 0.717) is 11.6 Å². The zero-order valence-corrected chi connectivity index (χ0v) is 10.7. The lowest BCUT2D eigenvalue weighted by molar-refractivity contribution is 0.0696. The Morgan fingerprint density at radius 1 is 1.44 bits per heavy atom. The maximum atomic E-state index is 14.0. The molecule has 1 aromatic rings. The number of aromatic carboxylic acids is 1. The van der Waals surface area contributed by atoms with Crippen LogP contribution in [0.4, 0.5) is 10.1 Å². The summed E-state index contributed by atoms with van der Waals surface area (Å²) in [4.78, 5) is 12.8. The standard InChI is InChI=1S/C14H18FNO2/c1-9-4-3-7-16(10(9)2)13-6-5-11(14(17)18)8-12(13)15/h5-6,8-10H,3-4,7H2,1-2H3,(H,17,18). The second-order valence-electron chi connectivity index (χ2n) is 5.02. The Morgan fingerprint density at radius 2 is 2.17 bits per heavy atom. The number of piperidine rings is 1. The van der Waals surface area contributed by atoms with Gasteiger partial charge in [0.2, 0.25) is 0 Å². The van der Waals surface area contributed by atoms with Crippen LogP contribution in [0.25, 0.3) is 0 Å². The maximum Gasteiger partial charge on any atom is 0.335 e. The van der Waals surface area contributed by atoms with E-state index in [1.807, 2.05) is 4.90 Å². The van der Waals surface area contributed by atoms with Crippen molar-refractivity contribution in [3.63, 3.8) is 0 Å². The second-order valence-corrected chi connectivity index (χ2v) is 5.02. The number of carbonyl (C=O) groups is 1. The maximum absolute atomic E-state index is 14.0. The molecule has 4 heteroatoms. The largest absolute Gasteiger partial charge is 0.478 e. The van der Waals surface area contributed by atoms with Crippen LogP contribution in [0.2, 0.25) is 0 Å². The minimum atomic E-state index is -1.10. The number of anilines is 1. The summed E-state index contributed by atoms with van der Waals surface area (Å²) in [5.74, 6) is -1.02. The Labute approximate surface area is 106 Å². The minimum absolute atomic E-state index is 0.00559. The molecule has 98 valence electrons. The molecule has 1 aliphatic rings. The Kier molecular flexibility index (Phi) is 3.55. The van der Waals surface area contributed by atoms with Crippen LogP contribution in [0.3, 0.4) is 0 Å². The third kappa shape index (κ3) is 2.33. The molecule has 0 aliphatic carbocycles. The molecule has 1 fully saturated rings. The van der Waals surface area contributed by atoms with Gasteiger partial charge >= 0.3 is 5.97 Å². The fraction of sp³-hybridized carbons (Fsp3) is 0.500. The number of benzene rings is 1. The van der Waals surface area contributed by atoms with Gasteiger partial charge in [0.1, 0.15) is 5.82 Å². The van der Waals surface area contributed by atoms with Crippen molar-refractivity contribution < 1.29 is 14.3 Å². The number of hydrogen-bond donors (Lipinski definition) is 1. The number of halogens is 1. The van der Waals surface area contributed by atoms with Gasteiger partial charge in [0.15, 0.2) is 0 Å². The molecule has 1 N–H and O–H groups in total. The van der Waals surface area contributed by atoms with E-state index in [-0.39, 0.29) is 11.6 Å². The number of rotatable bonds is 2. The van der Waals surface area contributed by atoms with E-state index < -0.39 is 11.8 Å². The van der Waals surface area contributed by atoms with Crippen LogP contribution < -0.4 is 4.90 Å². The van der Waals surface area contributed by atoms with Gasteiger partial charge in [0.05, 0.1) is 11.3 Å². The van der Waals surface area contributed by atoms with Gasteiger partial charge in [-0.05, 0) is 43.9 Å². The summed E-state index contributed by atoms with van der Waals surface area (Å²) in [5, 5.41) is 8.82. The molecule has 2 rings (SSSR count). The van der Waals surface area contributed by atoms with Crippen LogP contribution in [0.1, 0.15) is 37.0 Å². The lowest BCUT2D eigenvalue weighted by Crippen LogP contribution is -2.42. The first-order valence-electron chi connectivity index (χ1n) is 6.30. The molecule has 1 heterocycles. The summed E-state index contributed by atoms with van der Waals surface area (Å²) < 4.78 is 14.0. The summed E-state index contributed by atoms with van der Waals surface area (Å²) in [6.07, 6.45) is 2.21. The van der Waals surface area contributed by atoms with Crippen molar-refractivity contribution in [2.75, 3.05) is 11.4 Å². The zero-order chi connectivity index (χ0) is 13.3. The Bertz CT molecular complexity index is 461. The monoisotopic (exact) mass is 251 g/mol. The van der Waals surface area contributed by atoms with Crippen LogP contribution in [0.15, 0.2) is 18.2 Å². The SMILES string of the molecule is CC1CCCN(c2ccc(C(=O)O)cc2F)C1C. The molecule has 0 amide bonds. The van der Waals surface area contributed by atoms with Gasteiger partial charge in [-0.25, -0.2) is 9.18 Å². The number of nitrogens with zero attached hydrogens (tertiary/aromatic N) is 1. The average Bonchev–Trinajstić information content (AvgIpc) is 2.33. The van der Waals surface area contributed by atoms with E-state index in [1.165, 1.54) is 6.07 Å². The molecule has 2 unspecified atom stereocenters. The lowest BCUT2D eigenvalue weighted by Gasteiger charge is -2.39. The van der Waals surface area contributed by atoms with Crippen molar-refractivity contribution in [3.05, 3.63) is 29.6 Å². The van der Waals surface area contributed by atoms with Crippen LogP contribution in [-0.2, 0) is 0 Å². The predicted octanol–water partition coefficient (Wildman–Crippen LogP) is 3.15. The number of carboxylic acids is 1. The van der Waals surface area contributed by atoms with Crippen LogP contribution in [0, 0.1) is 11.7 Å². The molecule has 1 saturated heterocycles. The molecule has 1 aromatic carbocycles. The highest BCUT2D eigenvalue weighted by Gasteiger charge is 2.26. The van der Waals surface area contributed by atoms with Gasteiger partial charge in [-0.3, -0.25) is 0 Å². The molecule has 0 saturated carbocycles. The normalized spacial score (nSPS) is 24.1. The van der Waals surface area contributed by atoms with Crippen LogP contribution >= 0.6 is 0 Å². The zero-order valence-electron chi connectivity index (χ0n) is 10.7. The average molecular weight is 251 g/mol. The highest BCUT2D eigenvalue weighted by atomic mass is 19.1. The van der Waals surface area contributed by atoms with Gasteiger partial charge in [0, 0.05) is 12.6 Å². The van der Waals surface area contributed by atoms with Gasteiger partial charge in [-0.2, -0.15) is 0 Å². The van der Waals surface area contributed by atoms with Crippen molar-refractivity contribution >= 4 is 11.7 Å². The minimum Gasteiger partial charge on any atom is -0.478 e. The molecule has 1 aliphatic heterocycles. The molecule has 0 radical (unpaired) electrons. The first-order chi connectivity index (χ1) is 8.50. The van der Waals surface area contributed by atoms with E-state index in [4.69, 9.17) is 5.11 Å². The first-order valence-corrected chi connectivity index (χ1v) is 6.30. The van der Waals surface area contributed by atoms with Gasteiger partial charge in [0.25, 0.3) is 0 Å². The summed E-state index contributed by atoms with van der Waals surface area (Å²) in [7, 11) is 0. The summed E-state index contributed by atoms with van der Waals surface area (Å²) >= 11 is 0. The summed E-state index contributed by atoms with van der Waals surface area (Å²) in [6, 6.07) is 4.42. The highest BCUT2D eigenvalue weighted by Crippen LogP contribution is 2.30. The molecule has 0 spiro atoms. The summed E-state index contributed by atoms with van der Waals surface area (Å²) in [6.45, 7) is 5.09. The quantitative estimate of drug-likeness (QED) is 0.877. The van der Waals surface area contributed by atoms with Crippen molar-refractivity contribution in [2.24, 2.45) is 5.92 Å². The Morgan fingerprint density at radius 3 is 2.78 bits per heavy atom. The van der Waals surface area contributed by atoms with Crippen LogP contribution in [0.5, 0.6) is 0 Å². The van der Waals surface area contributed by atoms with Gasteiger partial charge < -0.3 is 10.0 Å². The number of hydrogen-bond acceptors (Lipinski definition) is 2. The number of carboxylic acid groups (broad SMARTS) is 1. The van der Waals surface area contributed by atoms with E-state index in [9.17, 15) is 9.18 Å². The Balaban J connectivity index is 2.30. The van der Waals surface area contributed by atoms with Gasteiger partial charge in [-0.15, -0.1) is 0 Å². The molecular weight excluding hydrogens is 233 g/mol. The first kappa shape index (κ1) is 12.9. The predicted molar refractivity (Wildman–Crippen MR) is 68.6 cm³/mol. The fourth-order valence-electron chi connectivity index (χ4n) is 2.55. The topological polar surface area (TPSA) is 40.5 Å². The Hall–Kier alpha value is -1.58. The van der Waals surface area contributed by atoms with E-state index in [1.54, 1.807) is 6.07 Å². The second kappa shape index (κ2) is 4.96. The van der Waals surface area contributed by atoms with Crippen LogP contribution in [-0.4, -0.2) is 23.7 Å². The highest BCUT2D eigenvalue weighted by molar-refractivity contribution is 5.88. The molecule has 3 nitrogen and oxygen atoms in total. The molecule has 18 heavy (non-hydrogen) atoms. The van der Waals surface area contributed by atoms with E-state index in [2.05, 4.69) is 13.8 Å². The summed E-state index contributed by atoms with van der Waals surface area (Å²) in [5.41, 5.74) is 0.507. The van der Waals surface area contributed by atoms with Crippen molar-refractivity contribution in [1.29, 1.82) is 0 Å². The molecule has 2 atom stereocenters. The van der Waals surface area contributed by atoms with Crippen molar-refractivity contribution in [3.8, 4) is 0 Å². The van der Waals surface area contributed by atoms with Gasteiger partial charge in [-0.1, -0.05) is 6.92 Å². The molecule has 0 aromatic heterocycles. The third-order valence-corrected chi connectivity index (χ3v) is 3.88.